The molecule has 21 rings (SSSR count). The summed E-state index contributed by atoms with van der Waals surface area (Å²) in [6.45, 7) is 20.4. The predicted octanol–water partition coefficient (Wildman–Crippen LogP) is 16.6. The van der Waals surface area contributed by atoms with Crippen molar-refractivity contribution in [2.75, 3.05) is 159 Å². The largest absolute Gasteiger partial charge is 0.463 e. The molecule has 0 bridgehead atoms. The average molecular weight is 2060 g/mol. The Balaban J connectivity index is 0.000000135. The first-order valence-corrected chi connectivity index (χ1v) is 51.2. The van der Waals surface area contributed by atoms with Crippen molar-refractivity contribution in [2.24, 2.45) is 5.73 Å². The number of carbonyl (C=O) groups is 1. The lowest BCUT2D eigenvalue weighted by atomic mass is 9.65. The van der Waals surface area contributed by atoms with Crippen LogP contribution in [-0.2, 0) is 114 Å². The lowest BCUT2D eigenvalue weighted by molar-refractivity contribution is -0.148. The van der Waals surface area contributed by atoms with Crippen molar-refractivity contribution in [3.05, 3.63) is 220 Å². The number of esters is 1. The molecule has 5 unspecified atom stereocenters. The van der Waals surface area contributed by atoms with Crippen LogP contribution in [0.15, 0.2) is 128 Å². The highest BCUT2D eigenvalue weighted by Crippen LogP contribution is 2.55. The molecule has 0 radical (unpaired) electrons. The molecular formula is C108H128F8N14O16S. The van der Waals surface area contributed by atoms with Crippen molar-refractivity contribution < 1.29 is 110 Å². The Morgan fingerprint density at radius 3 is 0.741 bits per heavy atom. The van der Waals surface area contributed by atoms with Gasteiger partial charge in [-0.05, 0) is 188 Å². The molecule has 30 nitrogen and oxygen atoms in total. The average Bonchev–Trinajstić information content (AvgIpc) is 1.71. The van der Waals surface area contributed by atoms with Gasteiger partial charge in [-0.1, -0.05) is 0 Å². The normalized spacial score (nSPS) is 32.3. The van der Waals surface area contributed by atoms with Gasteiger partial charge in [0.2, 0.25) is 0 Å². The van der Waals surface area contributed by atoms with E-state index in [4.69, 9.17) is 83.4 Å². The third-order valence-electron chi connectivity index (χ3n) is 31.6. The Labute approximate surface area is 856 Å². The topological polar surface area (TPSA) is 395 Å². The number of hydrogen-bond acceptors (Lipinski definition) is 30. The summed E-state index contributed by atoms with van der Waals surface area (Å²) in [5, 5.41) is 46.0. The van der Waals surface area contributed by atoms with Crippen LogP contribution in [0.1, 0.15) is 213 Å². The molecule has 21 heterocycles. The third-order valence-corrected chi connectivity index (χ3v) is 31.6. The van der Waals surface area contributed by atoms with E-state index in [0.717, 1.165) is 70.1 Å². The minimum absolute atomic E-state index is 0.192. The molecule has 39 heteroatoms. The van der Waals surface area contributed by atoms with E-state index in [0.29, 0.717) is 288 Å². The van der Waals surface area contributed by atoms with E-state index in [2.05, 4.69) is 70.1 Å². The minimum Gasteiger partial charge on any atom is -0.463 e. The highest BCUT2D eigenvalue weighted by Gasteiger charge is 2.61. The van der Waals surface area contributed by atoms with Crippen LogP contribution >= 0.6 is 12.1 Å². The summed E-state index contributed by atoms with van der Waals surface area (Å²) in [4.78, 5) is 46.1. The van der Waals surface area contributed by atoms with Crippen LogP contribution in [0.3, 0.4) is 0 Å². The molecule has 7 spiro atoms. The molecule has 0 amide bonds. The molecule has 14 fully saturated rings. The van der Waals surface area contributed by atoms with E-state index >= 15 is 0 Å². The Morgan fingerprint density at radius 1 is 0.347 bits per heavy atom. The van der Waals surface area contributed by atoms with E-state index < -0.39 is 55.9 Å². The number of methoxy groups -OCH3 is 1. The summed E-state index contributed by atoms with van der Waals surface area (Å²) >= 11 is 0.250. The van der Waals surface area contributed by atoms with Crippen LogP contribution < -0.4 is 5.73 Å². The van der Waals surface area contributed by atoms with Gasteiger partial charge in [0.25, 0.3) is 0 Å². The molecule has 147 heavy (non-hydrogen) atoms. The van der Waals surface area contributed by atoms with Gasteiger partial charge in [-0.25, -0.2) is 42.1 Å². The summed E-state index contributed by atoms with van der Waals surface area (Å²) in [5.74, 6) is -2.87. The van der Waals surface area contributed by atoms with Crippen LogP contribution in [0.25, 0.3) is 4.85 Å². The van der Waals surface area contributed by atoms with Gasteiger partial charge < -0.3 is 81.6 Å². The molecule has 14 saturated heterocycles. The van der Waals surface area contributed by atoms with Crippen LogP contribution in [0.2, 0.25) is 0 Å². The SMILES string of the molecule is CSF.N#CCC1(c2cc(F)ccn2)CCOC2(CCOC2)C1.N#CC[C@@]1(c2cc(F)ccn2)CCO[C@@]2(CCOC2)C1.N#CC[C@@]1(c2cc(F)ccn2)CCO[C@]2(CCOC2)C1.N#CC[C@]1(c2cc(F)ccn2)CCO[C@@]2(CCOC2)C1.N#CC[C@]1(c2cc(F)ccn2)CCO[C@]2(CCOC2)C1.NCC[C@@]1(c2cc(F)ccn2)CCO[C@]2(CCOC2)C1.[C-]#[N+]C(C(=O)OC)C1(c2cc(F)ccn2)CCOC2(CCOC2)C1. The highest BCUT2D eigenvalue weighted by atomic mass is 32.2. The quantitative estimate of drug-likeness (QED) is 0.0533. The van der Waals surface area contributed by atoms with E-state index in [1.165, 1.54) is 136 Å². The fourth-order valence-electron chi connectivity index (χ4n) is 24.2. The second kappa shape index (κ2) is 50.5. The number of ether oxygens (including phenoxy) is 15. The number of carbonyl (C=O) groups excluding carboxylic acids is 1. The first-order chi connectivity index (χ1) is 71.1. The smallest absolute Gasteiger partial charge is 0.391 e. The van der Waals surface area contributed by atoms with E-state index in [1.54, 1.807) is 6.07 Å². The summed E-state index contributed by atoms with van der Waals surface area (Å²) in [6, 6.07) is 29.5. The Morgan fingerprint density at radius 2 is 0.544 bits per heavy atom. The van der Waals surface area contributed by atoms with E-state index in [-0.39, 0.29) is 86.1 Å². The van der Waals surface area contributed by atoms with E-state index in [1.807, 2.05) is 0 Å². The van der Waals surface area contributed by atoms with Crippen molar-refractivity contribution >= 4 is 18.1 Å². The number of pyridine rings is 7. The van der Waals surface area contributed by atoms with Gasteiger partial charge in [0, 0.05) is 270 Å². The van der Waals surface area contributed by atoms with Crippen molar-refractivity contribution in [1.82, 2.24) is 34.9 Å². The molecule has 7 aromatic heterocycles. The third kappa shape index (κ3) is 26.8. The summed E-state index contributed by atoms with van der Waals surface area (Å²) in [7, 11) is 1.25. The molecule has 0 aliphatic carbocycles. The maximum atomic E-state index is 13.8. The second-order valence-electron chi connectivity index (χ2n) is 41.1. The monoisotopic (exact) mass is 2060 g/mol. The number of nitrogens with two attached hydrogens (primary N) is 1. The van der Waals surface area contributed by atoms with Crippen LogP contribution in [-0.4, -0.2) is 245 Å². The van der Waals surface area contributed by atoms with Crippen LogP contribution in [0.5, 0.6) is 0 Å². The molecule has 0 saturated carbocycles. The van der Waals surface area contributed by atoms with E-state index in [9.17, 15) is 65.7 Å². The number of rotatable bonds is 16. The predicted molar refractivity (Wildman–Crippen MR) is 516 cm³/mol. The molecular weight excluding hydrogens is 1930 g/mol. The second-order valence-corrected chi connectivity index (χ2v) is 41.4. The van der Waals surface area contributed by atoms with Gasteiger partial charge in [0.15, 0.2) is 0 Å². The first kappa shape index (κ1) is 112. The zero-order valence-corrected chi connectivity index (χ0v) is 84.0. The van der Waals surface area contributed by atoms with Gasteiger partial charge >= 0.3 is 12.0 Å². The summed E-state index contributed by atoms with van der Waals surface area (Å²) < 4.78 is 190. The Hall–Kier alpha value is -10.3. The van der Waals surface area contributed by atoms with Crippen molar-refractivity contribution in [2.45, 2.75) is 257 Å². The Kier molecular flexibility index (Phi) is 38.6. The molecule has 7 aromatic rings. The maximum absolute atomic E-state index is 13.8. The zero-order chi connectivity index (χ0) is 104. The van der Waals surface area contributed by atoms with Gasteiger partial charge in [-0.2, -0.15) is 30.2 Å². The van der Waals surface area contributed by atoms with Gasteiger partial charge in [0.05, 0.1) is 157 Å². The van der Waals surface area contributed by atoms with Crippen LogP contribution in [0, 0.1) is 104 Å². The van der Waals surface area contributed by atoms with Crippen molar-refractivity contribution in [3.63, 3.8) is 0 Å². The lowest BCUT2D eigenvalue weighted by Crippen LogP contribution is -2.55. The highest BCUT2D eigenvalue weighted by molar-refractivity contribution is 7.93. The molecule has 788 valence electrons. The fraction of sp³-hybridized carbons (Fsp3) is 0.611. The number of halogens is 8. The molecule has 14 aliphatic rings. The summed E-state index contributed by atoms with van der Waals surface area (Å²) in [5.41, 5.74) is 4.57. The standard InChI is InChI=1S/C17H19FN2O4.C15H21FN2O2.5C15H17FN2O2.CH3FS/c1-19-14(15(21)22-2)17(13-9-12(18)3-6-20-13)5-8-24-16(10-17)4-7-23-11-16;6*16-12-1-6-18-13(9-12)14(2-5-17)3-8-20-15(10-14)4-7-19-11-15;1-3-2/h3,6,9,14H,4-5,7-8,10-11H2,2H3;1,6,9H,2-5,7-8,10-11,17H2;5*1,6,9H,2-4,7-8,10-11H2;1H3/t;14-,15-;2*14-,15+;2*14-,15-;;/m.11010../s1. The number of nitrogens with zero attached hydrogens (tertiary/aromatic N) is 13. The zero-order valence-electron chi connectivity index (χ0n) is 83.2. The molecule has 0 aromatic carbocycles. The fourth-order valence-corrected chi connectivity index (χ4v) is 24.2. The van der Waals surface area contributed by atoms with Gasteiger partial charge in [0.1, 0.15) is 46.1 Å². The van der Waals surface area contributed by atoms with Crippen molar-refractivity contribution in [1.29, 1.82) is 26.3 Å². The van der Waals surface area contributed by atoms with Crippen LogP contribution in [0.4, 0.5) is 34.6 Å². The Bertz CT molecular complexity index is 5230. The molecule has 15 atom stereocenters. The molecule has 14 aliphatic heterocycles. The number of nitriles is 5. The first-order valence-electron chi connectivity index (χ1n) is 50.1. The van der Waals surface area contributed by atoms with Gasteiger partial charge in [-0.3, -0.25) is 34.9 Å². The molecule has 2 N–H and O–H groups in total. The lowest BCUT2D eigenvalue weighted by Gasteiger charge is -2.45. The maximum Gasteiger partial charge on any atom is 0.391 e. The number of hydrogen-bond donors (Lipinski definition) is 1. The van der Waals surface area contributed by atoms with Gasteiger partial charge in [-0.15, -0.1) is 0 Å². The van der Waals surface area contributed by atoms with Crippen molar-refractivity contribution in [3.8, 4) is 30.3 Å². The minimum atomic E-state index is -1.10. The summed E-state index contributed by atoms with van der Waals surface area (Å²) in [6.07, 6.45) is 29.0. The number of aromatic nitrogens is 7.